The van der Waals surface area contributed by atoms with Crippen molar-refractivity contribution in [3.05, 3.63) is 64.7 Å². The Morgan fingerprint density at radius 2 is 1.83 bits per heavy atom. The summed E-state index contributed by atoms with van der Waals surface area (Å²) in [6, 6.07) is 12.8. The summed E-state index contributed by atoms with van der Waals surface area (Å²) in [7, 11) is 3.61. The van der Waals surface area contributed by atoms with Crippen LogP contribution in [0, 0.1) is 0 Å². The van der Waals surface area contributed by atoms with Gasteiger partial charge in [-0.3, -0.25) is 4.79 Å². The molecule has 0 aliphatic rings. The van der Waals surface area contributed by atoms with Crippen molar-refractivity contribution in [3.8, 4) is 0 Å². The number of fused-ring (bicyclic) bond motifs is 1. The molecule has 1 aromatic heterocycles. The first-order valence-electron chi connectivity index (χ1n) is 9.23. The van der Waals surface area contributed by atoms with E-state index in [0.29, 0.717) is 6.54 Å². The highest BCUT2D eigenvalue weighted by Crippen LogP contribution is 2.29. The lowest BCUT2D eigenvalue weighted by Crippen LogP contribution is -3.08. The van der Waals surface area contributed by atoms with Crippen LogP contribution in [0.25, 0.3) is 10.2 Å². The van der Waals surface area contributed by atoms with Crippen LogP contribution in [0.1, 0.15) is 29.1 Å². The fourth-order valence-electron chi connectivity index (χ4n) is 3.06. The highest BCUT2D eigenvalue weighted by Gasteiger charge is 2.30. The summed E-state index contributed by atoms with van der Waals surface area (Å²) < 4.78 is 39.1. The molecule has 0 saturated heterocycles. The SMILES string of the molecule is C[C@H](c1nc2ccccc2s1)N(C)C(=O)C[NH+](C)Cc1ccc(C(F)(F)F)cc1. The van der Waals surface area contributed by atoms with Crippen LogP contribution >= 0.6 is 11.3 Å². The monoisotopic (exact) mass is 422 g/mol. The molecule has 0 radical (unpaired) electrons. The van der Waals surface area contributed by atoms with Crippen molar-refractivity contribution < 1.29 is 22.9 Å². The van der Waals surface area contributed by atoms with E-state index in [1.807, 2.05) is 38.2 Å². The molecule has 2 atom stereocenters. The predicted molar refractivity (Wildman–Crippen MR) is 108 cm³/mol. The van der Waals surface area contributed by atoms with E-state index in [9.17, 15) is 18.0 Å². The van der Waals surface area contributed by atoms with Crippen molar-refractivity contribution in [2.24, 2.45) is 0 Å². The Bertz CT molecular complexity index is 952. The van der Waals surface area contributed by atoms with Gasteiger partial charge in [-0.15, -0.1) is 11.3 Å². The molecule has 0 saturated carbocycles. The van der Waals surface area contributed by atoms with Gasteiger partial charge in [-0.25, -0.2) is 4.98 Å². The number of quaternary nitrogens is 1. The van der Waals surface area contributed by atoms with E-state index in [1.165, 1.54) is 12.1 Å². The van der Waals surface area contributed by atoms with E-state index in [2.05, 4.69) is 4.98 Å². The molecule has 1 amide bonds. The molecule has 3 aromatic rings. The Kier molecular flexibility index (Phi) is 6.24. The number of nitrogens with zero attached hydrogens (tertiary/aromatic N) is 2. The largest absolute Gasteiger partial charge is 0.416 e. The number of hydrogen-bond acceptors (Lipinski definition) is 3. The normalized spacial score (nSPS) is 14.0. The number of rotatable bonds is 6. The summed E-state index contributed by atoms with van der Waals surface area (Å²) in [6.45, 7) is 2.65. The number of amides is 1. The number of alkyl halides is 3. The number of thiazole rings is 1. The van der Waals surface area contributed by atoms with E-state index in [-0.39, 0.29) is 18.5 Å². The lowest BCUT2D eigenvalue weighted by Gasteiger charge is -2.24. The van der Waals surface area contributed by atoms with Crippen LogP contribution in [-0.4, -0.2) is 36.4 Å². The number of likely N-dealkylation sites (N-methyl/N-ethyl adjacent to an activating group) is 2. The standard InChI is InChI=1S/C21H22F3N3OS/c1-14(20-25-17-6-4-5-7-18(17)29-20)27(3)19(28)13-26(2)12-15-8-10-16(11-9-15)21(22,23)24/h4-11,14H,12-13H2,1-3H3/p+1/t14-/m1/s1. The molecule has 2 aromatic carbocycles. The van der Waals surface area contributed by atoms with E-state index in [4.69, 9.17) is 0 Å². The van der Waals surface area contributed by atoms with Crippen LogP contribution < -0.4 is 4.90 Å². The molecule has 1 heterocycles. The number of carbonyl (C=O) groups excluding carboxylic acids is 1. The molecule has 29 heavy (non-hydrogen) atoms. The van der Waals surface area contributed by atoms with Crippen LogP contribution in [0.2, 0.25) is 0 Å². The van der Waals surface area contributed by atoms with Crippen LogP contribution in [0.5, 0.6) is 0 Å². The minimum absolute atomic E-state index is 0.0406. The maximum Gasteiger partial charge on any atom is 0.416 e. The van der Waals surface area contributed by atoms with E-state index >= 15 is 0 Å². The minimum Gasteiger partial charge on any atom is -0.332 e. The van der Waals surface area contributed by atoms with Crippen LogP contribution in [0.3, 0.4) is 0 Å². The van der Waals surface area contributed by atoms with Crippen molar-refractivity contribution in [1.82, 2.24) is 9.88 Å². The molecule has 1 N–H and O–H groups in total. The molecule has 0 fully saturated rings. The lowest BCUT2D eigenvalue weighted by atomic mass is 10.1. The molecule has 3 rings (SSSR count). The topological polar surface area (TPSA) is 37.6 Å². The summed E-state index contributed by atoms with van der Waals surface area (Å²) in [5.74, 6) is -0.0406. The Morgan fingerprint density at radius 1 is 1.17 bits per heavy atom. The Morgan fingerprint density at radius 3 is 2.45 bits per heavy atom. The number of halogens is 3. The van der Waals surface area contributed by atoms with Gasteiger partial charge in [-0.1, -0.05) is 24.3 Å². The third-order valence-corrected chi connectivity index (χ3v) is 6.09. The van der Waals surface area contributed by atoms with Crippen molar-refractivity contribution in [2.45, 2.75) is 25.7 Å². The number of carbonyl (C=O) groups is 1. The quantitative estimate of drug-likeness (QED) is 0.660. The minimum atomic E-state index is -4.34. The number of benzene rings is 2. The first kappa shape index (κ1) is 21.3. The summed E-state index contributed by atoms with van der Waals surface area (Å²) in [6.07, 6.45) is -4.34. The molecule has 0 aliphatic carbocycles. The van der Waals surface area contributed by atoms with Crippen LogP contribution in [-0.2, 0) is 17.5 Å². The molecule has 8 heteroatoms. The van der Waals surface area contributed by atoms with Gasteiger partial charge in [0.15, 0.2) is 6.54 Å². The summed E-state index contributed by atoms with van der Waals surface area (Å²) in [5.41, 5.74) is 1.01. The van der Waals surface area contributed by atoms with Crippen LogP contribution in [0.15, 0.2) is 48.5 Å². The van der Waals surface area contributed by atoms with Gasteiger partial charge in [0.25, 0.3) is 5.91 Å². The van der Waals surface area contributed by atoms with Gasteiger partial charge in [-0.05, 0) is 31.2 Å². The first-order valence-corrected chi connectivity index (χ1v) is 10.1. The second-order valence-corrected chi connectivity index (χ2v) is 8.27. The van der Waals surface area contributed by atoms with Crippen molar-refractivity contribution in [2.75, 3.05) is 20.6 Å². The summed E-state index contributed by atoms with van der Waals surface area (Å²) >= 11 is 1.57. The highest BCUT2D eigenvalue weighted by atomic mass is 32.1. The smallest absolute Gasteiger partial charge is 0.332 e. The van der Waals surface area contributed by atoms with Crippen LogP contribution in [0.4, 0.5) is 13.2 Å². The fraction of sp³-hybridized carbons (Fsp3) is 0.333. The molecule has 154 valence electrons. The summed E-state index contributed by atoms with van der Waals surface area (Å²) in [4.78, 5) is 19.9. The van der Waals surface area contributed by atoms with Gasteiger partial charge >= 0.3 is 6.18 Å². The molecule has 0 bridgehead atoms. The third-order valence-electron chi connectivity index (χ3n) is 4.88. The molecule has 4 nitrogen and oxygen atoms in total. The van der Waals surface area contributed by atoms with Gasteiger partial charge in [0.2, 0.25) is 0 Å². The molecule has 0 spiro atoms. The Hall–Kier alpha value is -2.45. The first-order chi connectivity index (χ1) is 13.6. The molecule has 0 aliphatic heterocycles. The number of para-hydroxylation sites is 1. The zero-order chi connectivity index (χ0) is 21.2. The third kappa shape index (κ3) is 5.13. The second-order valence-electron chi connectivity index (χ2n) is 7.21. The maximum atomic E-state index is 12.7. The molecular formula is C21H23F3N3OS+. The van der Waals surface area contributed by atoms with Gasteiger partial charge in [0.05, 0.1) is 28.9 Å². The lowest BCUT2D eigenvalue weighted by molar-refractivity contribution is -0.885. The number of hydrogen-bond donors (Lipinski definition) is 1. The highest BCUT2D eigenvalue weighted by molar-refractivity contribution is 7.18. The molecule has 1 unspecified atom stereocenters. The molecular weight excluding hydrogens is 399 g/mol. The zero-order valence-corrected chi connectivity index (χ0v) is 17.3. The van der Waals surface area contributed by atoms with Gasteiger partial charge in [0.1, 0.15) is 11.6 Å². The average molecular weight is 422 g/mol. The van der Waals surface area contributed by atoms with Gasteiger partial charge < -0.3 is 9.80 Å². The Balaban J connectivity index is 1.59. The average Bonchev–Trinajstić information content (AvgIpc) is 3.10. The second kappa shape index (κ2) is 8.51. The predicted octanol–water partition coefficient (Wildman–Crippen LogP) is 3.55. The van der Waals surface area contributed by atoms with Crippen molar-refractivity contribution in [3.63, 3.8) is 0 Å². The number of aromatic nitrogens is 1. The fourth-order valence-corrected chi connectivity index (χ4v) is 4.12. The maximum absolute atomic E-state index is 12.7. The number of nitrogens with one attached hydrogen (secondary N) is 1. The summed E-state index contributed by atoms with van der Waals surface area (Å²) in [5, 5.41) is 0.877. The van der Waals surface area contributed by atoms with E-state index in [0.717, 1.165) is 37.8 Å². The zero-order valence-electron chi connectivity index (χ0n) is 16.5. The van der Waals surface area contributed by atoms with Crippen molar-refractivity contribution >= 4 is 27.5 Å². The van der Waals surface area contributed by atoms with Gasteiger partial charge in [-0.2, -0.15) is 13.2 Å². The van der Waals surface area contributed by atoms with Gasteiger partial charge in [0, 0.05) is 12.6 Å². The van der Waals surface area contributed by atoms with Crippen molar-refractivity contribution in [1.29, 1.82) is 0 Å². The van der Waals surface area contributed by atoms with E-state index in [1.54, 1.807) is 23.3 Å². The van der Waals surface area contributed by atoms with E-state index < -0.39 is 11.7 Å². The Labute approximate surface area is 171 Å².